The van der Waals surface area contributed by atoms with Crippen LogP contribution in [0.25, 0.3) is 71.6 Å². The molecule has 0 N–H and O–H groups in total. The van der Waals surface area contributed by atoms with Crippen LogP contribution < -0.4 is 0 Å². The fourth-order valence-corrected chi connectivity index (χ4v) is 9.40. The van der Waals surface area contributed by atoms with Gasteiger partial charge in [-0.15, -0.1) is 0 Å². The van der Waals surface area contributed by atoms with Gasteiger partial charge < -0.3 is 4.57 Å². The number of fused-ring (bicyclic) bond motifs is 8. The number of hydrogen-bond acceptors (Lipinski definition) is 0. The number of benzene rings is 9. The highest BCUT2D eigenvalue weighted by Crippen LogP contribution is 2.61. The summed E-state index contributed by atoms with van der Waals surface area (Å²) >= 11 is 0. The molecule has 0 saturated heterocycles. The molecule has 10 aromatic rings. The SMILES string of the molecule is c1ccc(-c2ccc3c(c2)C(c2ccccc2)(c2ccccc2)c2c-3c(-c3ccc4c(c3)c3ccccc3n4-c3ccccc3)cc3ccccc23)cc1. The lowest BCUT2D eigenvalue weighted by molar-refractivity contribution is 0.776. The quantitative estimate of drug-likeness (QED) is 0.170. The van der Waals surface area contributed by atoms with Crippen molar-refractivity contribution in [3.05, 3.63) is 235 Å². The number of aromatic nitrogens is 1. The average molecular weight is 686 g/mol. The Morgan fingerprint density at radius 3 is 1.65 bits per heavy atom. The van der Waals surface area contributed by atoms with Crippen molar-refractivity contribution in [3.63, 3.8) is 0 Å². The van der Waals surface area contributed by atoms with E-state index in [2.05, 4.69) is 217 Å². The van der Waals surface area contributed by atoms with Crippen molar-refractivity contribution in [2.45, 2.75) is 5.41 Å². The molecular weight excluding hydrogens is 651 g/mol. The van der Waals surface area contributed by atoms with Gasteiger partial charge in [0.2, 0.25) is 0 Å². The molecule has 0 amide bonds. The van der Waals surface area contributed by atoms with Crippen LogP contribution in [0.15, 0.2) is 212 Å². The van der Waals surface area contributed by atoms with Crippen LogP contribution in [0, 0.1) is 0 Å². The van der Waals surface area contributed by atoms with Crippen LogP contribution in [0.4, 0.5) is 0 Å². The zero-order chi connectivity index (χ0) is 35.6. The Labute approximate surface area is 315 Å². The molecule has 1 nitrogen and oxygen atoms in total. The molecule has 0 unspecified atom stereocenters. The van der Waals surface area contributed by atoms with Crippen LogP contribution in [-0.4, -0.2) is 4.57 Å². The Bertz CT molecular complexity index is 2970. The predicted octanol–water partition coefficient (Wildman–Crippen LogP) is 13.6. The summed E-state index contributed by atoms with van der Waals surface area (Å²) in [4.78, 5) is 0. The van der Waals surface area contributed by atoms with Gasteiger partial charge in [0.15, 0.2) is 0 Å². The summed E-state index contributed by atoms with van der Waals surface area (Å²) in [6, 6.07) is 78.4. The molecule has 0 bridgehead atoms. The van der Waals surface area contributed by atoms with E-state index >= 15 is 0 Å². The van der Waals surface area contributed by atoms with Crippen molar-refractivity contribution >= 4 is 32.6 Å². The van der Waals surface area contributed by atoms with Gasteiger partial charge in [-0.1, -0.05) is 170 Å². The molecule has 1 heteroatoms. The largest absolute Gasteiger partial charge is 0.309 e. The molecule has 11 rings (SSSR count). The van der Waals surface area contributed by atoms with Gasteiger partial charge in [-0.2, -0.15) is 0 Å². The zero-order valence-corrected chi connectivity index (χ0v) is 29.7. The van der Waals surface area contributed by atoms with E-state index in [-0.39, 0.29) is 0 Å². The number of nitrogens with zero attached hydrogens (tertiary/aromatic N) is 1. The van der Waals surface area contributed by atoms with E-state index in [4.69, 9.17) is 0 Å². The topological polar surface area (TPSA) is 4.93 Å². The minimum atomic E-state index is -0.555. The van der Waals surface area contributed by atoms with Crippen LogP contribution in [0.3, 0.4) is 0 Å². The third kappa shape index (κ3) is 4.39. The van der Waals surface area contributed by atoms with Gasteiger partial charge in [0, 0.05) is 16.5 Å². The number of hydrogen-bond donors (Lipinski definition) is 0. The Hall–Kier alpha value is -6.96. The monoisotopic (exact) mass is 685 g/mol. The van der Waals surface area contributed by atoms with Crippen LogP contribution >= 0.6 is 0 Å². The lowest BCUT2D eigenvalue weighted by atomic mass is 9.66. The van der Waals surface area contributed by atoms with Gasteiger partial charge in [-0.25, -0.2) is 0 Å². The van der Waals surface area contributed by atoms with Crippen molar-refractivity contribution in [1.82, 2.24) is 4.57 Å². The molecule has 1 aliphatic carbocycles. The molecule has 252 valence electrons. The fraction of sp³-hybridized carbons (Fsp3) is 0.0189. The van der Waals surface area contributed by atoms with E-state index < -0.39 is 5.41 Å². The second kappa shape index (κ2) is 12.0. The molecule has 1 aromatic heterocycles. The van der Waals surface area contributed by atoms with Crippen LogP contribution in [0.2, 0.25) is 0 Å². The van der Waals surface area contributed by atoms with Gasteiger partial charge in [-0.3, -0.25) is 0 Å². The van der Waals surface area contributed by atoms with E-state index in [9.17, 15) is 0 Å². The lowest BCUT2D eigenvalue weighted by Gasteiger charge is -2.35. The molecule has 1 heterocycles. The second-order valence-electron chi connectivity index (χ2n) is 14.4. The van der Waals surface area contributed by atoms with E-state index in [1.807, 2.05) is 0 Å². The maximum Gasteiger partial charge on any atom is 0.0720 e. The summed E-state index contributed by atoms with van der Waals surface area (Å²) in [5, 5.41) is 5.03. The van der Waals surface area contributed by atoms with Crippen molar-refractivity contribution in [2.24, 2.45) is 0 Å². The molecule has 0 atom stereocenters. The third-order valence-electron chi connectivity index (χ3n) is 11.6. The molecule has 54 heavy (non-hydrogen) atoms. The first kappa shape index (κ1) is 30.6. The maximum atomic E-state index is 2.47. The minimum Gasteiger partial charge on any atom is -0.309 e. The summed E-state index contributed by atoms with van der Waals surface area (Å²) in [5.74, 6) is 0. The summed E-state index contributed by atoms with van der Waals surface area (Å²) in [5.41, 5.74) is 15.7. The highest BCUT2D eigenvalue weighted by Gasteiger charge is 2.48. The van der Waals surface area contributed by atoms with E-state index in [1.54, 1.807) is 0 Å². The maximum absolute atomic E-state index is 2.47. The fourth-order valence-electron chi connectivity index (χ4n) is 9.40. The predicted molar refractivity (Wildman–Crippen MR) is 226 cm³/mol. The normalized spacial score (nSPS) is 13.0. The highest BCUT2D eigenvalue weighted by atomic mass is 15.0. The van der Waals surface area contributed by atoms with Gasteiger partial charge in [0.05, 0.1) is 16.4 Å². The Kier molecular flexibility index (Phi) is 6.84. The Morgan fingerprint density at radius 2 is 0.926 bits per heavy atom. The Balaban J connectivity index is 1.28. The minimum absolute atomic E-state index is 0.555. The average Bonchev–Trinajstić information content (AvgIpc) is 3.75. The first-order valence-electron chi connectivity index (χ1n) is 18.8. The number of rotatable bonds is 5. The summed E-state index contributed by atoms with van der Waals surface area (Å²) in [6.07, 6.45) is 0. The summed E-state index contributed by atoms with van der Waals surface area (Å²) in [6.45, 7) is 0. The number of para-hydroxylation sites is 2. The first-order chi connectivity index (χ1) is 26.8. The smallest absolute Gasteiger partial charge is 0.0720 e. The standard InChI is InChI=1S/C53H35N/c1-5-17-36(18-6-1)37-29-31-45-48(35-37)53(40-20-7-2-8-21-40,41-22-9-3-10-23-41)52-43-26-14-13-19-38(43)33-46(51(45)52)39-30-32-50-47(34-39)44-27-15-16-28-49(44)54(50)42-24-11-4-12-25-42/h1-35H. The lowest BCUT2D eigenvalue weighted by Crippen LogP contribution is -2.29. The summed E-state index contributed by atoms with van der Waals surface area (Å²) < 4.78 is 2.40. The molecule has 0 aliphatic heterocycles. The van der Waals surface area contributed by atoms with Gasteiger partial charge in [-0.05, 0) is 109 Å². The van der Waals surface area contributed by atoms with Crippen molar-refractivity contribution in [3.8, 4) is 39.1 Å². The van der Waals surface area contributed by atoms with Gasteiger partial charge in [0.1, 0.15) is 0 Å². The van der Waals surface area contributed by atoms with Crippen molar-refractivity contribution in [2.75, 3.05) is 0 Å². The van der Waals surface area contributed by atoms with Gasteiger partial charge >= 0.3 is 0 Å². The zero-order valence-electron chi connectivity index (χ0n) is 29.7. The molecule has 0 radical (unpaired) electrons. The van der Waals surface area contributed by atoms with Crippen molar-refractivity contribution < 1.29 is 0 Å². The first-order valence-corrected chi connectivity index (χ1v) is 18.8. The Morgan fingerprint density at radius 1 is 0.352 bits per heavy atom. The van der Waals surface area contributed by atoms with Crippen molar-refractivity contribution in [1.29, 1.82) is 0 Å². The van der Waals surface area contributed by atoms with Crippen LogP contribution in [0.5, 0.6) is 0 Å². The summed E-state index contributed by atoms with van der Waals surface area (Å²) in [7, 11) is 0. The molecule has 0 spiro atoms. The van der Waals surface area contributed by atoms with Crippen LogP contribution in [0.1, 0.15) is 22.3 Å². The molecule has 1 aliphatic rings. The molecule has 0 saturated carbocycles. The van der Waals surface area contributed by atoms with E-state index in [0.717, 1.165) is 0 Å². The van der Waals surface area contributed by atoms with Crippen LogP contribution in [-0.2, 0) is 5.41 Å². The molecule has 0 fully saturated rings. The highest BCUT2D eigenvalue weighted by molar-refractivity contribution is 6.12. The molecular formula is C53H35N. The third-order valence-corrected chi connectivity index (χ3v) is 11.6. The molecule has 9 aromatic carbocycles. The van der Waals surface area contributed by atoms with E-state index in [0.29, 0.717) is 0 Å². The second-order valence-corrected chi connectivity index (χ2v) is 14.4. The van der Waals surface area contributed by atoms with E-state index in [1.165, 1.54) is 93.9 Å². The van der Waals surface area contributed by atoms with Gasteiger partial charge in [0.25, 0.3) is 0 Å².